The number of halogens is 1. The van der Waals surface area contributed by atoms with Crippen molar-refractivity contribution >= 4 is 21.6 Å². The van der Waals surface area contributed by atoms with Crippen molar-refractivity contribution in [3.8, 4) is 0 Å². The smallest absolute Gasteiger partial charge is 0.0401 e. The molecule has 2 nitrogen and oxygen atoms in total. The summed E-state index contributed by atoms with van der Waals surface area (Å²) in [6.07, 6.45) is 2.49. The fraction of sp³-hybridized carbons (Fsp3) is 0.600. The van der Waals surface area contributed by atoms with E-state index in [-0.39, 0.29) is 5.54 Å². The van der Waals surface area contributed by atoms with Crippen LogP contribution in [0.3, 0.4) is 0 Å². The van der Waals surface area contributed by atoms with Gasteiger partial charge in [-0.25, -0.2) is 0 Å². The molecule has 1 aliphatic rings. The van der Waals surface area contributed by atoms with Crippen LogP contribution in [0.25, 0.3) is 0 Å². The summed E-state index contributed by atoms with van der Waals surface area (Å²) in [5, 5.41) is 3.42. The zero-order chi connectivity index (χ0) is 13.3. The van der Waals surface area contributed by atoms with E-state index in [9.17, 15) is 0 Å². The van der Waals surface area contributed by atoms with Crippen LogP contribution in [-0.2, 0) is 0 Å². The minimum Gasteiger partial charge on any atom is -0.365 e. The summed E-state index contributed by atoms with van der Waals surface area (Å²) < 4.78 is 1.16. The van der Waals surface area contributed by atoms with Crippen molar-refractivity contribution < 1.29 is 0 Å². The molecular weight excluding hydrogens is 288 g/mol. The lowest BCUT2D eigenvalue weighted by atomic mass is 9.87. The first-order valence-corrected chi connectivity index (χ1v) is 7.44. The monoisotopic (exact) mass is 310 g/mol. The number of nitrogens with zero attached hydrogens (tertiary/aromatic N) is 1. The Morgan fingerprint density at radius 1 is 1.39 bits per heavy atom. The Kier molecular flexibility index (Phi) is 4.02. The third-order valence-electron chi connectivity index (χ3n) is 4.10. The molecular formula is C15H23BrN2. The Bertz CT molecular complexity index is 429. The van der Waals surface area contributed by atoms with Crippen LogP contribution in [0.1, 0.15) is 32.3 Å². The highest BCUT2D eigenvalue weighted by molar-refractivity contribution is 9.10. The topological polar surface area (TPSA) is 15.3 Å². The molecule has 0 spiro atoms. The number of piperidine rings is 1. The summed E-state index contributed by atoms with van der Waals surface area (Å²) in [5.74, 6) is 0. The van der Waals surface area contributed by atoms with Crippen molar-refractivity contribution in [2.45, 2.75) is 45.2 Å². The van der Waals surface area contributed by atoms with E-state index in [0.29, 0.717) is 6.04 Å². The molecule has 1 atom stereocenters. The highest BCUT2D eigenvalue weighted by Crippen LogP contribution is 2.35. The van der Waals surface area contributed by atoms with Gasteiger partial charge in [-0.3, -0.25) is 0 Å². The van der Waals surface area contributed by atoms with Crippen LogP contribution >= 0.6 is 15.9 Å². The molecule has 1 heterocycles. The van der Waals surface area contributed by atoms with Gasteiger partial charge in [-0.1, -0.05) is 15.9 Å². The summed E-state index contributed by atoms with van der Waals surface area (Å²) in [4.78, 5) is 2.55. The zero-order valence-corrected chi connectivity index (χ0v) is 13.3. The van der Waals surface area contributed by atoms with Gasteiger partial charge in [0, 0.05) is 28.3 Å². The lowest BCUT2D eigenvalue weighted by molar-refractivity contribution is 0.313. The molecule has 0 aromatic heterocycles. The first-order chi connectivity index (χ1) is 8.44. The Morgan fingerprint density at radius 3 is 2.72 bits per heavy atom. The SMILES string of the molecule is CNC1CCC(C)(C)N(c2ccc(Br)cc2C)C1. The Hall–Kier alpha value is -0.540. The molecule has 1 N–H and O–H groups in total. The summed E-state index contributed by atoms with van der Waals surface area (Å²) in [6.45, 7) is 7.98. The highest BCUT2D eigenvalue weighted by Gasteiger charge is 2.34. The third-order valence-corrected chi connectivity index (χ3v) is 4.59. The molecule has 3 heteroatoms. The van der Waals surface area contributed by atoms with Crippen molar-refractivity contribution in [1.29, 1.82) is 0 Å². The molecule has 18 heavy (non-hydrogen) atoms. The molecule has 1 saturated heterocycles. The van der Waals surface area contributed by atoms with Crippen molar-refractivity contribution in [3.05, 3.63) is 28.2 Å². The van der Waals surface area contributed by atoms with E-state index >= 15 is 0 Å². The van der Waals surface area contributed by atoms with Gasteiger partial charge in [0.1, 0.15) is 0 Å². The average Bonchev–Trinajstić information content (AvgIpc) is 2.30. The quantitative estimate of drug-likeness (QED) is 0.895. The molecule has 0 radical (unpaired) electrons. The number of aryl methyl sites for hydroxylation is 1. The zero-order valence-electron chi connectivity index (χ0n) is 11.8. The third kappa shape index (κ3) is 2.72. The number of rotatable bonds is 2. The van der Waals surface area contributed by atoms with Crippen molar-refractivity contribution in [3.63, 3.8) is 0 Å². The molecule has 2 rings (SSSR count). The number of benzene rings is 1. The normalized spacial score (nSPS) is 23.2. The molecule has 1 fully saturated rings. The maximum atomic E-state index is 3.54. The van der Waals surface area contributed by atoms with Crippen LogP contribution in [0.5, 0.6) is 0 Å². The Balaban J connectivity index is 2.33. The maximum Gasteiger partial charge on any atom is 0.0401 e. The molecule has 0 aliphatic carbocycles. The van der Waals surface area contributed by atoms with Crippen molar-refractivity contribution in [2.75, 3.05) is 18.5 Å². The molecule has 1 aliphatic heterocycles. The first kappa shape index (κ1) is 13.9. The predicted molar refractivity (Wildman–Crippen MR) is 82.4 cm³/mol. The minimum absolute atomic E-state index is 0.242. The fourth-order valence-corrected chi connectivity index (χ4v) is 3.28. The lowest BCUT2D eigenvalue weighted by Crippen LogP contribution is -2.55. The van der Waals surface area contributed by atoms with Gasteiger partial charge < -0.3 is 10.2 Å². The largest absolute Gasteiger partial charge is 0.365 e. The number of nitrogens with one attached hydrogen (secondary N) is 1. The molecule has 0 bridgehead atoms. The van der Waals surface area contributed by atoms with Gasteiger partial charge in [0.05, 0.1) is 0 Å². The minimum atomic E-state index is 0.242. The van der Waals surface area contributed by atoms with E-state index in [1.165, 1.54) is 24.1 Å². The van der Waals surface area contributed by atoms with Crippen molar-refractivity contribution in [2.24, 2.45) is 0 Å². The van der Waals surface area contributed by atoms with E-state index < -0.39 is 0 Å². The molecule has 1 aromatic carbocycles. The molecule has 0 amide bonds. The summed E-state index contributed by atoms with van der Waals surface area (Å²) in [6, 6.07) is 7.18. The molecule has 100 valence electrons. The summed E-state index contributed by atoms with van der Waals surface area (Å²) >= 11 is 3.54. The van der Waals surface area contributed by atoms with Gasteiger partial charge in [0.25, 0.3) is 0 Å². The second-order valence-electron chi connectivity index (χ2n) is 5.88. The molecule has 1 aromatic rings. The predicted octanol–water partition coefficient (Wildman–Crippen LogP) is 3.72. The van der Waals surface area contributed by atoms with Crippen LogP contribution in [0, 0.1) is 6.92 Å². The van der Waals surface area contributed by atoms with Gasteiger partial charge >= 0.3 is 0 Å². The first-order valence-electron chi connectivity index (χ1n) is 6.65. The van der Waals surface area contributed by atoms with E-state index in [0.717, 1.165) is 11.0 Å². The van der Waals surface area contributed by atoms with Crippen LogP contribution in [0.4, 0.5) is 5.69 Å². The summed E-state index contributed by atoms with van der Waals surface area (Å²) in [5.41, 5.74) is 2.95. The summed E-state index contributed by atoms with van der Waals surface area (Å²) in [7, 11) is 2.07. The van der Waals surface area contributed by atoms with Gasteiger partial charge in [-0.2, -0.15) is 0 Å². The number of hydrogen-bond acceptors (Lipinski definition) is 2. The second-order valence-corrected chi connectivity index (χ2v) is 6.79. The molecule has 0 saturated carbocycles. The van der Waals surface area contributed by atoms with Gasteiger partial charge in [-0.05, 0) is 64.4 Å². The number of anilines is 1. The van der Waals surface area contributed by atoms with E-state index in [4.69, 9.17) is 0 Å². The second kappa shape index (κ2) is 5.22. The van der Waals surface area contributed by atoms with E-state index in [1.807, 2.05) is 0 Å². The van der Waals surface area contributed by atoms with Crippen LogP contribution in [0.15, 0.2) is 22.7 Å². The average molecular weight is 311 g/mol. The van der Waals surface area contributed by atoms with Crippen LogP contribution in [-0.4, -0.2) is 25.2 Å². The number of hydrogen-bond donors (Lipinski definition) is 1. The standard InChI is InChI=1S/C15H23BrN2/c1-11-9-12(16)5-6-14(11)18-10-13(17-4)7-8-15(18,2)3/h5-6,9,13,17H,7-8,10H2,1-4H3. The van der Waals surface area contributed by atoms with Crippen LogP contribution in [0.2, 0.25) is 0 Å². The van der Waals surface area contributed by atoms with E-state index in [1.54, 1.807) is 0 Å². The Morgan fingerprint density at radius 2 is 2.11 bits per heavy atom. The van der Waals surface area contributed by atoms with E-state index in [2.05, 4.69) is 72.2 Å². The maximum absolute atomic E-state index is 3.54. The van der Waals surface area contributed by atoms with Gasteiger partial charge in [-0.15, -0.1) is 0 Å². The van der Waals surface area contributed by atoms with Crippen LogP contribution < -0.4 is 10.2 Å². The highest BCUT2D eigenvalue weighted by atomic mass is 79.9. The Labute approximate surface area is 119 Å². The molecule has 1 unspecified atom stereocenters. The van der Waals surface area contributed by atoms with Gasteiger partial charge in [0.15, 0.2) is 0 Å². The fourth-order valence-electron chi connectivity index (χ4n) is 2.80. The van der Waals surface area contributed by atoms with Crippen molar-refractivity contribution in [1.82, 2.24) is 5.32 Å². The number of likely N-dealkylation sites (N-methyl/N-ethyl adjacent to an activating group) is 1. The van der Waals surface area contributed by atoms with Gasteiger partial charge in [0.2, 0.25) is 0 Å². The lowest BCUT2D eigenvalue weighted by Gasteiger charge is -2.47.